The summed E-state index contributed by atoms with van der Waals surface area (Å²) in [5, 5.41) is 15.3. The number of carbonyl (C=O) groups excluding carboxylic acids is 1. The second-order valence-electron chi connectivity index (χ2n) is 4.75. The van der Waals surface area contributed by atoms with Crippen molar-refractivity contribution in [3.05, 3.63) is 0 Å². The molecule has 1 amide bonds. The van der Waals surface area contributed by atoms with Gasteiger partial charge in [-0.1, -0.05) is 12.8 Å². The van der Waals surface area contributed by atoms with E-state index in [4.69, 9.17) is 0 Å². The standard InChI is InChI=1S/C11H20N2O2.ClH/c14-9-5-10(12-7-9)11(15)13-6-8-3-1-2-4-8;/h8-10,12,14H,1-7H2,(H,13,15);1H. The zero-order chi connectivity index (χ0) is 10.7. The lowest BCUT2D eigenvalue weighted by molar-refractivity contribution is -0.123. The third-order valence-corrected chi connectivity index (χ3v) is 3.46. The van der Waals surface area contributed by atoms with Crippen LogP contribution in [0.2, 0.25) is 0 Å². The predicted molar refractivity (Wildman–Crippen MR) is 64.6 cm³/mol. The lowest BCUT2D eigenvalue weighted by atomic mass is 10.1. The van der Waals surface area contributed by atoms with Gasteiger partial charge >= 0.3 is 0 Å². The number of aliphatic hydroxyl groups excluding tert-OH is 1. The zero-order valence-electron chi connectivity index (χ0n) is 9.45. The highest BCUT2D eigenvalue weighted by atomic mass is 35.5. The first kappa shape index (κ1) is 13.7. The fourth-order valence-corrected chi connectivity index (χ4v) is 2.50. The van der Waals surface area contributed by atoms with Crippen LogP contribution in [0.5, 0.6) is 0 Å². The minimum absolute atomic E-state index is 0. The van der Waals surface area contributed by atoms with Crippen molar-refractivity contribution in [1.29, 1.82) is 0 Å². The van der Waals surface area contributed by atoms with E-state index in [9.17, 15) is 9.90 Å². The summed E-state index contributed by atoms with van der Waals surface area (Å²) in [7, 11) is 0. The number of aliphatic hydroxyl groups is 1. The van der Waals surface area contributed by atoms with Gasteiger partial charge < -0.3 is 15.7 Å². The van der Waals surface area contributed by atoms with Crippen LogP contribution in [-0.4, -0.2) is 36.2 Å². The van der Waals surface area contributed by atoms with Crippen LogP contribution in [0.3, 0.4) is 0 Å². The van der Waals surface area contributed by atoms with Crippen molar-refractivity contribution in [2.24, 2.45) is 5.92 Å². The highest BCUT2D eigenvalue weighted by molar-refractivity contribution is 5.85. The van der Waals surface area contributed by atoms with Crippen LogP contribution in [0.15, 0.2) is 0 Å². The summed E-state index contributed by atoms with van der Waals surface area (Å²) in [6.07, 6.45) is 5.31. The maximum atomic E-state index is 11.7. The molecule has 5 heteroatoms. The molecule has 1 saturated carbocycles. The molecule has 4 nitrogen and oxygen atoms in total. The predicted octanol–water partition coefficient (Wildman–Crippen LogP) is 0.437. The molecule has 0 bridgehead atoms. The Balaban J connectivity index is 0.00000128. The molecule has 0 spiro atoms. The molecule has 94 valence electrons. The number of carbonyl (C=O) groups is 1. The topological polar surface area (TPSA) is 61.4 Å². The highest BCUT2D eigenvalue weighted by Crippen LogP contribution is 2.23. The second-order valence-corrected chi connectivity index (χ2v) is 4.75. The Kier molecular flexibility index (Phi) is 5.52. The van der Waals surface area contributed by atoms with Gasteiger partial charge in [0.15, 0.2) is 0 Å². The lowest BCUT2D eigenvalue weighted by Gasteiger charge is -2.14. The first-order valence-electron chi connectivity index (χ1n) is 5.95. The third-order valence-electron chi connectivity index (χ3n) is 3.46. The van der Waals surface area contributed by atoms with Gasteiger partial charge in [0.25, 0.3) is 0 Å². The number of hydrogen-bond acceptors (Lipinski definition) is 3. The first-order valence-corrected chi connectivity index (χ1v) is 5.95. The number of β-amino-alcohol motifs (C(OH)–C–C–N with tert-alkyl or cyclic N) is 1. The van der Waals surface area contributed by atoms with Gasteiger partial charge in [0.1, 0.15) is 0 Å². The van der Waals surface area contributed by atoms with Crippen LogP contribution in [0, 0.1) is 5.92 Å². The van der Waals surface area contributed by atoms with Gasteiger partial charge in [-0.25, -0.2) is 0 Å². The van der Waals surface area contributed by atoms with Gasteiger partial charge in [0.05, 0.1) is 12.1 Å². The molecule has 16 heavy (non-hydrogen) atoms. The summed E-state index contributed by atoms with van der Waals surface area (Å²) in [5.41, 5.74) is 0. The number of rotatable bonds is 3. The zero-order valence-corrected chi connectivity index (χ0v) is 10.3. The number of amides is 1. The Morgan fingerprint density at radius 3 is 2.62 bits per heavy atom. The van der Waals surface area contributed by atoms with Gasteiger partial charge in [-0.2, -0.15) is 0 Å². The normalized spacial score (nSPS) is 30.1. The quantitative estimate of drug-likeness (QED) is 0.679. The van der Waals surface area contributed by atoms with E-state index in [2.05, 4.69) is 10.6 Å². The number of hydrogen-bond donors (Lipinski definition) is 3. The molecular formula is C11H21ClN2O2. The van der Waals surface area contributed by atoms with Crippen molar-refractivity contribution in [1.82, 2.24) is 10.6 Å². The number of nitrogens with one attached hydrogen (secondary N) is 2. The molecule has 1 saturated heterocycles. The van der Waals surface area contributed by atoms with Crippen LogP contribution in [0.25, 0.3) is 0 Å². The highest BCUT2D eigenvalue weighted by Gasteiger charge is 2.28. The van der Waals surface area contributed by atoms with E-state index in [-0.39, 0.29) is 30.5 Å². The smallest absolute Gasteiger partial charge is 0.237 e. The average molecular weight is 249 g/mol. The maximum Gasteiger partial charge on any atom is 0.237 e. The molecule has 2 rings (SSSR count). The average Bonchev–Trinajstić information content (AvgIpc) is 2.84. The molecule has 0 aromatic rings. The largest absolute Gasteiger partial charge is 0.392 e. The van der Waals surface area contributed by atoms with Gasteiger partial charge in [-0.3, -0.25) is 4.79 Å². The third kappa shape index (κ3) is 3.61. The Morgan fingerprint density at radius 2 is 2.06 bits per heavy atom. The fourth-order valence-electron chi connectivity index (χ4n) is 2.50. The Labute approximate surface area is 103 Å². The van der Waals surface area contributed by atoms with Crippen LogP contribution in [0.4, 0.5) is 0 Å². The minimum Gasteiger partial charge on any atom is -0.392 e. The van der Waals surface area contributed by atoms with Crippen molar-refractivity contribution in [3.63, 3.8) is 0 Å². The SMILES string of the molecule is Cl.O=C(NCC1CCCC1)C1CC(O)CN1. The molecule has 0 radical (unpaired) electrons. The first-order chi connectivity index (χ1) is 7.25. The molecule has 3 N–H and O–H groups in total. The molecule has 1 aliphatic carbocycles. The van der Waals surface area contributed by atoms with Crippen LogP contribution in [0.1, 0.15) is 32.1 Å². The summed E-state index contributed by atoms with van der Waals surface area (Å²) in [4.78, 5) is 11.7. The van der Waals surface area contributed by atoms with Crippen molar-refractivity contribution < 1.29 is 9.90 Å². The van der Waals surface area contributed by atoms with E-state index >= 15 is 0 Å². The number of halogens is 1. The van der Waals surface area contributed by atoms with E-state index in [1.165, 1.54) is 25.7 Å². The van der Waals surface area contributed by atoms with Gasteiger partial charge in [0, 0.05) is 13.1 Å². The van der Waals surface area contributed by atoms with E-state index in [0.717, 1.165) is 6.54 Å². The van der Waals surface area contributed by atoms with Gasteiger partial charge in [-0.15, -0.1) is 12.4 Å². The monoisotopic (exact) mass is 248 g/mol. The summed E-state index contributed by atoms with van der Waals surface area (Å²) >= 11 is 0. The van der Waals surface area contributed by atoms with Crippen LogP contribution in [-0.2, 0) is 4.79 Å². The summed E-state index contributed by atoms with van der Waals surface area (Å²) < 4.78 is 0. The molecule has 2 aliphatic rings. The molecule has 2 unspecified atom stereocenters. The van der Waals surface area contributed by atoms with Crippen molar-refractivity contribution in [2.75, 3.05) is 13.1 Å². The van der Waals surface area contributed by atoms with Gasteiger partial charge in [0.2, 0.25) is 5.91 Å². The second kappa shape index (κ2) is 6.42. The van der Waals surface area contributed by atoms with Crippen LogP contribution >= 0.6 is 12.4 Å². The Hall–Kier alpha value is -0.320. The Morgan fingerprint density at radius 1 is 1.38 bits per heavy atom. The molecule has 1 heterocycles. The molecule has 1 aliphatic heterocycles. The summed E-state index contributed by atoms with van der Waals surface area (Å²) in [6.45, 7) is 1.36. The Bertz CT molecular complexity index is 232. The molecule has 2 atom stereocenters. The molecule has 2 fully saturated rings. The summed E-state index contributed by atoms with van der Waals surface area (Å²) in [6, 6.07) is -0.179. The summed E-state index contributed by atoms with van der Waals surface area (Å²) in [5.74, 6) is 0.735. The van der Waals surface area contributed by atoms with Crippen LogP contribution < -0.4 is 10.6 Å². The minimum atomic E-state index is -0.354. The molecule has 0 aromatic heterocycles. The van der Waals surface area contributed by atoms with E-state index < -0.39 is 0 Å². The van der Waals surface area contributed by atoms with E-state index in [0.29, 0.717) is 18.9 Å². The van der Waals surface area contributed by atoms with Crippen molar-refractivity contribution in [3.8, 4) is 0 Å². The lowest BCUT2D eigenvalue weighted by Crippen LogP contribution is -2.41. The maximum absolute atomic E-state index is 11.7. The van der Waals surface area contributed by atoms with E-state index in [1.807, 2.05) is 0 Å². The van der Waals surface area contributed by atoms with Crippen molar-refractivity contribution in [2.45, 2.75) is 44.2 Å². The van der Waals surface area contributed by atoms with Crippen molar-refractivity contribution >= 4 is 18.3 Å². The van der Waals surface area contributed by atoms with E-state index in [1.54, 1.807) is 0 Å². The van der Waals surface area contributed by atoms with Gasteiger partial charge in [-0.05, 0) is 25.2 Å². The fraction of sp³-hybridized carbons (Fsp3) is 0.909. The molecule has 0 aromatic carbocycles. The molecular weight excluding hydrogens is 228 g/mol.